The predicted molar refractivity (Wildman–Crippen MR) is 119 cm³/mol. The molecule has 33 heavy (non-hydrogen) atoms. The zero-order valence-electron chi connectivity index (χ0n) is 19.5. The molecule has 2 amide bonds. The van der Waals surface area contributed by atoms with Gasteiger partial charge in [0.1, 0.15) is 0 Å². The highest BCUT2D eigenvalue weighted by atomic mass is 19.4. The van der Waals surface area contributed by atoms with Crippen LogP contribution in [0, 0.1) is 11.3 Å². The van der Waals surface area contributed by atoms with E-state index in [4.69, 9.17) is 0 Å². The van der Waals surface area contributed by atoms with Gasteiger partial charge in [-0.2, -0.15) is 18.3 Å². The Morgan fingerprint density at radius 3 is 2.12 bits per heavy atom. The van der Waals surface area contributed by atoms with Gasteiger partial charge in [-0.25, -0.2) is 5.43 Å². The number of rotatable bonds is 7. The number of hydrogen-bond donors (Lipinski definition) is 2. The van der Waals surface area contributed by atoms with Crippen molar-refractivity contribution in [2.24, 2.45) is 16.4 Å². The molecule has 6 nitrogen and oxygen atoms in total. The van der Waals surface area contributed by atoms with E-state index in [0.717, 1.165) is 44.2 Å². The number of hydrazone groups is 1. The van der Waals surface area contributed by atoms with Crippen LogP contribution in [-0.4, -0.2) is 29.4 Å². The third-order valence-corrected chi connectivity index (χ3v) is 5.60. The lowest BCUT2D eigenvalue weighted by Crippen LogP contribution is -2.50. The highest BCUT2D eigenvalue weighted by Crippen LogP contribution is 2.29. The van der Waals surface area contributed by atoms with Crippen molar-refractivity contribution in [1.82, 2.24) is 10.7 Å². The molecule has 0 heterocycles. The number of halogens is 3. The number of carbonyl (C=O) groups excluding carboxylic acids is 3. The molecule has 1 unspecified atom stereocenters. The molecule has 0 bridgehead atoms. The summed E-state index contributed by atoms with van der Waals surface area (Å²) in [5.41, 5.74) is 1.66. The standard InChI is InChI=1S/C24H32F3N3O3/c1-15(16-10-12-18(13-11-16)24(25,26)27)29-30-22(33)20(31)19(14-23(2,3)4)28-21(32)17-8-6-5-7-9-17/h10-13,17,19H,5-9,14H2,1-4H3,(H,28,32)(H,30,33). The van der Waals surface area contributed by atoms with Gasteiger partial charge in [0.25, 0.3) is 0 Å². The maximum atomic E-state index is 12.8. The molecular weight excluding hydrogens is 435 g/mol. The highest BCUT2D eigenvalue weighted by Gasteiger charge is 2.33. The van der Waals surface area contributed by atoms with Gasteiger partial charge < -0.3 is 5.32 Å². The Labute approximate surface area is 192 Å². The number of alkyl halides is 3. The maximum absolute atomic E-state index is 12.8. The van der Waals surface area contributed by atoms with Crippen LogP contribution in [-0.2, 0) is 20.6 Å². The fourth-order valence-electron chi connectivity index (χ4n) is 3.79. The monoisotopic (exact) mass is 467 g/mol. The molecule has 0 radical (unpaired) electrons. The number of nitrogens with one attached hydrogen (secondary N) is 2. The summed E-state index contributed by atoms with van der Waals surface area (Å²) in [6.45, 7) is 7.23. The van der Waals surface area contributed by atoms with Gasteiger partial charge in [-0.05, 0) is 49.3 Å². The first-order valence-electron chi connectivity index (χ1n) is 11.1. The van der Waals surface area contributed by atoms with E-state index in [9.17, 15) is 27.6 Å². The molecule has 1 aliphatic rings. The van der Waals surface area contributed by atoms with Crippen LogP contribution in [0.2, 0.25) is 0 Å². The van der Waals surface area contributed by atoms with E-state index in [0.29, 0.717) is 5.56 Å². The third kappa shape index (κ3) is 8.29. The fraction of sp³-hybridized carbons (Fsp3) is 0.583. The van der Waals surface area contributed by atoms with Crippen LogP contribution in [0.4, 0.5) is 13.2 Å². The van der Waals surface area contributed by atoms with Gasteiger partial charge in [0.2, 0.25) is 11.7 Å². The number of benzene rings is 1. The molecule has 1 aromatic carbocycles. The summed E-state index contributed by atoms with van der Waals surface area (Å²) in [6, 6.07) is 3.33. The fourth-order valence-corrected chi connectivity index (χ4v) is 3.79. The average molecular weight is 468 g/mol. The second kappa shape index (κ2) is 10.9. The largest absolute Gasteiger partial charge is 0.416 e. The van der Waals surface area contributed by atoms with E-state index in [1.54, 1.807) is 0 Å². The maximum Gasteiger partial charge on any atom is 0.416 e. The Bertz CT molecular complexity index is 881. The Kier molecular flexibility index (Phi) is 8.80. The van der Waals surface area contributed by atoms with Crippen LogP contribution in [0.15, 0.2) is 29.4 Å². The summed E-state index contributed by atoms with van der Waals surface area (Å²) in [5.74, 6) is -2.16. The van der Waals surface area contributed by atoms with Crippen molar-refractivity contribution in [3.05, 3.63) is 35.4 Å². The van der Waals surface area contributed by atoms with E-state index in [1.807, 2.05) is 20.8 Å². The summed E-state index contributed by atoms with van der Waals surface area (Å²) in [7, 11) is 0. The molecule has 0 aliphatic heterocycles. The Morgan fingerprint density at radius 2 is 1.61 bits per heavy atom. The number of Topliss-reactive ketones (excluding diaryl/α,β-unsaturated/α-hetero) is 1. The summed E-state index contributed by atoms with van der Waals surface area (Å²) in [6.07, 6.45) is 0.388. The van der Waals surface area contributed by atoms with Crippen LogP contribution in [0.3, 0.4) is 0 Å². The molecular formula is C24H32F3N3O3. The lowest BCUT2D eigenvalue weighted by atomic mass is 9.85. The number of hydrogen-bond acceptors (Lipinski definition) is 4. The van der Waals surface area contributed by atoms with E-state index in [1.165, 1.54) is 19.1 Å². The quantitative estimate of drug-likeness (QED) is 0.349. The van der Waals surface area contributed by atoms with Crippen LogP contribution in [0.25, 0.3) is 0 Å². The van der Waals surface area contributed by atoms with Gasteiger partial charge in [-0.3, -0.25) is 14.4 Å². The van der Waals surface area contributed by atoms with Crippen molar-refractivity contribution in [2.45, 2.75) is 78.4 Å². The van der Waals surface area contributed by atoms with Gasteiger partial charge in [-0.15, -0.1) is 0 Å². The molecule has 1 atom stereocenters. The number of nitrogens with zero attached hydrogens (tertiary/aromatic N) is 1. The minimum Gasteiger partial charge on any atom is -0.345 e. The molecule has 9 heteroatoms. The zero-order valence-corrected chi connectivity index (χ0v) is 19.5. The SMILES string of the molecule is CC(=NNC(=O)C(=O)C(CC(C)(C)C)NC(=O)C1CCCCC1)c1ccc(C(F)(F)F)cc1. The molecule has 0 aromatic heterocycles. The van der Waals surface area contributed by atoms with Gasteiger partial charge in [0, 0.05) is 5.92 Å². The summed E-state index contributed by atoms with van der Waals surface area (Å²) in [5, 5.41) is 6.62. The topological polar surface area (TPSA) is 87.6 Å². The average Bonchev–Trinajstić information content (AvgIpc) is 2.75. The zero-order chi connectivity index (χ0) is 24.8. The first-order chi connectivity index (χ1) is 15.3. The van der Waals surface area contributed by atoms with Crippen molar-refractivity contribution < 1.29 is 27.6 Å². The van der Waals surface area contributed by atoms with Gasteiger partial charge >= 0.3 is 12.1 Å². The highest BCUT2D eigenvalue weighted by molar-refractivity contribution is 6.38. The first-order valence-corrected chi connectivity index (χ1v) is 11.1. The van der Waals surface area contributed by atoms with E-state index >= 15 is 0 Å². The minimum atomic E-state index is -4.45. The molecule has 1 fully saturated rings. The number of amides is 2. The summed E-state index contributed by atoms with van der Waals surface area (Å²) < 4.78 is 38.1. The third-order valence-electron chi connectivity index (χ3n) is 5.60. The molecule has 182 valence electrons. The van der Waals surface area contributed by atoms with Crippen molar-refractivity contribution in [2.75, 3.05) is 0 Å². The normalized spacial score (nSPS) is 16.8. The van der Waals surface area contributed by atoms with Crippen LogP contribution in [0.5, 0.6) is 0 Å². The van der Waals surface area contributed by atoms with Crippen molar-refractivity contribution in [1.29, 1.82) is 0 Å². The first kappa shape index (κ1) is 26.5. The van der Waals surface area contributed by atoms with Crippen LogP contribution < -0.4 is 10.7 Å². The molecule has 0 saturated heterocycles. The van der Waals surface area contributed by atoms with Crippen LogP contribution in [0.1, 0.15) is 77.3 Å². The van der Waals surface area contributed by atoms with Crippen molar-refractivity contribution in [3.63, 3.8) is 0 Å². The molecule has 1 saturated carbocycles. The van der Waals surface area contributed by atoms with E-state index in [-0.39, 0.29) is 29.4 Å². The lowest BCUT2D eigenvalue weighted by Gasteiger charge is -2.28. The number of carbonyl (C=O) groups is 3. The van der Waals surface area contributed by atoms with Crippen LogP contribution >= 0.6 is 0 Å². The molecule has 2 N–H and O–H groups in total. The van der Waals surface area contributed by atoms with Gasteiger partial charge in [-0.1, -0.05) is 52.2 Å². The second-order valence-electron chi connectivity index (χ2n) is 9.74. The molecule has 0 spiro atoms. The Morgan fingerprint density at radius 1 is 1.03 bits per heavy atom. The molecule has 1 aromatic rings. The predicted octanol–water partition coefficient (Wildman–Crippen LogP) is 4.62. The Hall–Kier alpha value is -2.71. The molecule has 2 rings (SSSR count). The smallest absolute Gasteiger partial charge is 0.345 e. The lowest BCUT2D eigenvalue weighted by molar-refractivity contribution is -0.141. The Balaban J connectivity index is 2.07. The summed E-state index contributed by atoms with van der Waals surface area (Å²) >= 11 is 0. The second-order valence-corrected chi connectivity index (χ2v) is 9.74. The summed E-state index contributed by atoms with van der Waals surface area (Å²) in [4.78, 5) is 38.0. The van der Waals surface area contributed by atoms with Crippen molar-refractivity contribution >= 4 is 23.3 Å². The van der Waals surface area contributed by atoms with Gasteiger partial charge in [0.05, 0.1) is 17.3 Å². The number of ketones is 1. The minimum absolute atomic E-state index is 0.156. The van der Waals surface area contributed by atoms with Crippen molar-refractivity contribution in [3.8, 4) is 0 Å². The van der Waals surface area contributed by atoms with E-state index in [2.05, 4.69) is 15.8 Å². The van der Waals surface area contributed by atoms with E-state index < -0.39 is 29.5 Å². The molecule has 1 aliphatic carbocycles. The van der Waals surface area contributed by atoms with Gasteiger partial charge in [0.15, 0.2) is 0 Å².